The number of likely N-dealkylation sites (N-methyl/N-ethyl adjacent to an activating group) is 1. The molecule has 0 unspecified atom stereocenters. The Morgan fingerprint density at radius 2 is 1.90 bits per heavy atom. The normalized spacial score (nSPS) is 17.2. The van der Waals surface area contributed by atoms with E-state index in [-0.39, 0.29) is 23.2 Å². The Kier molecular flexibility index (Phi) is 5.72. The maximum Gasteiger partial charge on any atom is 0.285 e. The van der Waals surface area contributed by atoms with Gasteiger partial charge in [0.15, 0.2) is 5.84 Å². The molecule has 1 N–H and O–H groups in total. The van der Waals surface area contributed by atoms with Crippen LogP contribution in [0.25, 0.3) is 0 Å². The minimum Gasteiger partial charge on any atom is -0.357 e. The SMILES string of the molecule is CN(CC(=O)NCc1ccc(N2CCCCC2)nc1)C1=NS(=O)(=O)c2ccccc21. The van der Waals surface area contributed by atoms with Crippen LogP contribution < -0.4 is 10.2 Å². The summed E-state index contributed by atoms with van der Waals surface area (Å²) in [5.74, 6) is 1.04. The molecule has 2 aliphatic heterocycles. The number of hydrogen-bond donors (Lipinski definition) is 1. The summed E-state index contributed by atoms with van der Waals surface area (Å²) in [6.07, 6.45) is 5.46. The zero-order valence-corrected chi connectivity index (χ0v) is 17.7. The van der Waals surface area contributed by atoms with Crippen molar-refractivity contribution in [2.45, 2.75) is 30.7 Å². The topological polar surface area (TPSA) is 95.0 Å². The molecule has 1 aromatic heterocycles. The number of sulfonamides is 1. The van der Waals surface area contributed by atoms with E-state index in [1.54, 1.807) is 36.3 Å². The second-order valence-corrected chi connectivity index (χ2v) is 9.16. The molecule has 8 nitrogen and oxygen atoms in total. The molecule has 2 aliphatic rings. The number of amidine groups is 1. The third kappa shape index (κ3) is 4.30. The molecule has 0 bridgehead atoms. The van der Waals surface area contributed by atoms with E-state index in [2.05, 4.69) is 19.6 Å². The smallest absolute Gasteiger partial charge is 0.285 e. The fraction of sp³-hybridized carbons (Fsp3) is 0.381. The van der Waals surface area contributed by atoms with E-state index >= 15 is 0 Å². The summed E-state index contributed by atoms with van der Waals surface area (Å²) in [6, 6.07) is 10.6. The van der Waals surface area contributed by atoms with Gasteiger partial charge in [0.2, 0.25) is 5.91 Å². The van der Waals surface area contributed by atoms with Crippen molar-refractivity contribution in [2.75, 3.05) is 31.6 Å². The van der Waals surface area contributed by atoms with E-state index in [1.807, 2.05) is 12.1 Å². The zero-order chi connectivity index (χ0) is 21.1. The van der Waals surface area contributed by atoms with Gasteiger partial charge in [0.25, 0.3) is 10.0 Å². The highest BCUT2D eigenvalue weighted by molar-refractivity contribution is 7.90. The quantitative estimate of drug-likeness (QED) is 0.782. The number of rotatable bonds is 5. The molecule has 3 heterocycles. The first-order valence-electron chi connectivity index (χ1n) is 10.1. The van der Waals surface area contributed by atoms with Crippen molar-refractivity contribution < 1.29 is 13.2 Å². The highest BCUT2D eigenvalue weighted by atomic mass is 32.2. The number of nitrogens with zero attached hydrogens (tertiary/aromatic N) is 4. The molecule has 0 spiro atoms. The summed E-state index contributed by atoms with van der Waals surface area (Å²) < 4.78 is 28.2. The van der Waals surface area contributed by atoms with Crippen LogP contribution in [-0.2, 0) is 21.4 Å². The van der Waals surface area contributed by atoms with Gasteiger partial charge in [-0.05, 0) is 43.0 Å². The number of aromatic nitrogens is 1. The molecular weight excluding hydrogens is 402 g/mol. The fourth-order valence-electron chi connectivity index (χ4n) is 3.74. The zero-order valence-electron chi connectivity index (χ0n) is 16.9. The summed E-state index contributed by atoms with van der Waals surface area (Å²) in [5.41, 5.74) is 1.43. The van der Waals surface area contributed by atoms with Gasteiger partial charge >= 0.3 is 0 Å². The lowest BCUT2D eigenvalue weighted by atomic mass is 10.1. The van der Waals surface area contributed by atoms with Crippen LogP contribution in [0.4, 0.5) is 5.82 Å². The lowest BCUT2D eigenvalue weighted by molar-refractivity contribution is -0.121. The molecule has 0 atom stereocenters. The predicted molar refractivity (Wildman–Crippen MR) is 115 cm³/mol. The van der Waals surface area contributed by atoms with Gasteiger partial charge in [0, 0.05) is 38.4 Å². The Balaban J connectivity index is 1.33. The number of piperidine rings is 1. The first-order chi connectivity index (χ1) is 14.4. The monoisotopic (exact) mass is 427 g/mol. The third-order valence-electron chi connectivity index (χ3n) is 5.33. The van der Waals surface area contributed by atoms with E-state index in [4.69, 9.17) is 0 Å². The molecular formula is C21H25N5O3S. The Morgan fingerprint density at radius 3 is 2.63 bits per heavy atom. The third-order valence-corrected chi connectivity index (χ3v) is 6.66. The summed E-state index contributed by atoms with van der Waals surface area (Å²) in [6.45, 7) is 2.44. The van der Waals surface area contributed by atoms with Crippen LogP contribution in [-0.4, -0.2) is 56.7 Å². The number of hydrogen-bond acceptors (Lipinski definition) is 6. The highest BCUT2D eigenvalue weighted by Gasteiger charge is 2.30. The molecule has 30 heavy (non-hydrogen) atoms. The van der Waals surface area contributed by atoms with Crippen molar-refractivity contribution in [3.63, 3.8) is 0 Å². The Hall–Kier alpha value is -2.94. The van der Waals surface area contributed by atoms with Crippen molar-refractivity contribution in [2.24, 2.45) is 4.40 Å². The van der Waals surface area contributed by atoms with Crippen LogP contribution in [0.3, 0.4) is 0 Å². The molecule has 158 valence electrons. The fourth-order valence-corrected chi connectivity index (χ4v) is 4.99. The molecule has 1 saturated heterocycles. The first kappa shape index (κ1) is 20.3. The second kappa shape index (κ2) is 8.43. The Bertz CT molecular complexity index is 1060. The van der Waals surface area contributed by atoms with Crippen LogP contribution in [0, 0.1) is 0 Å². The minimum absolute atomic E-state index is 0.00196. The number of fused-ring (bicyclic) bond motifs is 1. The van der Waals surface area contributed by atoms with Crippen LogP contribution in [0.1, 0.15) is 30.4 Å². The lowest BCUT2D eigenvalue weighted by Gasteiger charge is -2.27. The first-order valence-corrected chi connectivity index (χ1v) is 11.5. The summed E-state index contributed by atoms with van der Waals surface area (Å²) in [7, 11) is -2.04. The van der Waals surface area contributed by atoms with Gasteiger partial charge in [0.05, 0.1) is 6.54 Å². The van der Waals surface area contributed by atoms with Crippen LogP contribution in [0.5, 0.6) is 0 Å². The molecule has 1 aromatic carbocycles. The largest absolute Gasteiger partial charge is 0.357 e. The number of amides is 1. The molecule has 9 heteroatoms. The standard InChI is InChI=1S/C21H25N5O3S/c1-25(21-17-7-3-4-8-18(17)30(28,29)24-21)15-20(27)23-14-16-9-10-19(22-13-16)26-11-5-2-6-12-26/h3-4,7-10,13H,2,5-6,11-12,14-15H2,1H3,(H,23,27). The van der Waals surface area contributed by atoms with E-state index in [0.717, 1.165) is 24.5 Å². The van der Waals surface area contributed by atoms with Crippen molar-refractivity contribution in [3.05, 3.63) is 53.7 Å². The van der Waals surface area contributed by atoms with E-state index in [9.17, 15) is 13.2 Å². The molecule has 0 saturated carbocycles. The molecule has 0 radical (unpaired) electrons. The van der Waals surface area contributed by atoms with E-state index in [1.165, 1.54) is 25.3 Å². The lowest BCUT2D eigenvalue weighted by Crippen LogP contribution is -2.38. The van der Waals surface area contributed by atoms with Gasteiger partial charge in [-0.15, -0.1) is 4.40 Å². The summed E-state index contributed by atoms with van der Waals surface area (Å²) in [4.78, 5) is 20.9. The van der Waals surface area contributed by atoms with E-state index < -0.39 is 10.0 Å². The number of carbonyl (C=O) groups excluding carboxylic acids is 1. The summed E-state index contributed by atoms with van der Waals surface area (Å²) in [5, 5.41) is 2.86. The number of anilines is 1. The molecule has 1 fully saturated rings. The van der Waals surface area contributed by atoms with Crippen LogP contribution in [0.15, 0.2) is 51.9 Å². The maximum absolute atomic E-state index is 12.4. The Morgan fingerprint density at radius 1 is 1.13 bits per heavy atom. The maximum atomic E-state index is 12.4. The second-order valence-electron chi connectivity index (χ2n) is 7.59. The highest BCUT2D eigenvalue weighted by Crippen LogP contribution is 2.26. The van der Waals surface area contributed by atoms with Gasteiger partial charge in [-0.25, -0.2) is 4.98 Å². The number of nitrogens with one attached hydrogen (secondary N) is 1. The number of benzene rings is 1. The van der Waals surface area contributed by atoms with Gasteiger partial charge in [-0.2, -0.15) is 8.42 Å². The average Bonchev–Trinajstić information content (AvgIpc) is 3.05. The van der Waals surface area contributed by atoms with Crippen molar-refractivity contribution in [3.8, 4) is 0 Å². The average molecular weight is 428 g/mol. The van der Waals surface area contributed by atoms with Gasteiger partial charge in [-0.3, -0.25) is 4.79 Å². The van der Waals surface area contributed by atoms with E-state index in [0.29, 0.717) is 12.1 Å². The van der Waals surface area contributed by atoms with Crippen molar-refractivity contribution >= 4 is 27.6 Å². The van der Waals surface area contributed by atoms with Crippen molar-refractivity contribution in [1.29, 1.82) is 0 Å². The summed E-state index contributed by atoms with van der Waals surface area (Å²) >= 11 is 0. The van der Waals surface area contributed by atoms with Gasteiger partial charge in [0.1, 0.15) is 10.7 Å². The van der Waals surface area contributed by atoms with Gasteiger partial charge < -0.3 is 15.1 Å². The van der Waals surface area contributed by atoms with Crippen LogP contribution >= 0.6 is 0 Å². The van der Waals surface area contributed by atoms with Crippen LogP contribution in [0.2, 0.25) is 0 Å². The number of pyridine rings is 1. The molecule has 2 aromatic rings. The molecule has 1 amide bonds. The molecule has 4 rings (SSSR count). The number of carbonyl (C=O) groups is 1. The molecule has 0 aliphatic carbocycles. The van der Waals surface area contributed by atoms with Crippen molar-refractivity contribution in [1.82, 2.24) is 15.2 Å². The minimum atomic E-state index is -3.70. The van der Waals surface area contributed by atoms with Gasteiger partial charge in [-0.1, -0.05) is 18.2 Å². The Labute approximate surface area is 176 Å². The predicted octanol–water partition coefficient (Wildman–Crippen LogP) is 1.77.